The smallest absolute Gasteiger partial charge is 0.325 e. The molecule has 4 atom stereocenters. The predicted molar refractivity (Wildman–Crippen MR) is 140 cm³/mol. The number of nitrogens with one attached hydrogen (secondary N) is 2. The van der Waals surface area contributed by atoms with Crippen LogP contribution in [0.15, 0.2) is 83.5 Å². The number of para-hydroxylation sites is 2. The van der Waals surface area contributed by atoms with Crippen LogP contribution in [0.2, 0.25) is 0 Å². The number of nitrogens with zero attached hydrogens (tertiary/aromatic N) is 1. The van der Waals surface area contributed by atoms with E-state index < -0.39 is 41.2 Å². The van der Waals surface area contributed by atoms with Crippen molar-refractivity contribution in [3.63, 3.8) is 0 Å². The molecule has 0 aliphatic carbocycles. The van der Waals surface area contributed by atoms with E-state index >= 15 is 0 Å². The third-order valence-electron chi connectivity index (χ3n) is 7.54. The minimum atomic E-state index is -1.79. The summed E-state index contributed by atoms with van der Waals surface area (Å²) < 4.78 is 0.781. The fraction of sp³-hybridized carbons (Fsp3) is 0.179. The quantitative estimate of drug-likeness (QED) is 0.272. The normalized spacial score (nSPS) is 25.1. The van der Waals surface area contributed by atoms with Crippen LogP contribution >= 0.6 is 15.9 Å². The van der Waals surface area contributed by atoms with Gasteiger partial charge in [0.05, 0.1) is 17.5 Å². The van der Waals surface area contributed by atoms with Gasteiger partial charge in [0.25, 0.3) is 0 Å². The van der Waals surface area contributed by atoms with Crippen LogP contribution in [-0.4, -0.2) is 38.5 Å². The zero-order valence-corrected chi connectivity index (χ0v) is 21.0. The lowest BCUT2D eigenvalue weighted by Crippen LogP contribution is -2.57. The van der Waals surface area contributed by atoms with Crippen LogP contribution in [0, 0.1) is 11.8 Å². The van der Waals surface area contributed by atoms with Crippen LogP contribution in [0.3, 0.4) is 0 Å². The van der Waals surface area contributed by atoms with Crippen LogP contribution in [0.25, 0.3) is 10.9 Å². The van der Waals surface area contributed by atoms with E-state index in [-0.39, 0.29) is 12.2 Å². The van der Waals surface area contributed by atoms with Crippen LogP contribution in [0.5, 0.6) is 5.75 Å². The summed E-state index contributed by atoms with van der Waals surface area (Å²) >= 11 is 3.36. The first-order valence-electron chi connectivity index (χ1n) is 11.8. The van der Waals surface area contributed by atoms with Crippen molar-refractivity contribution in [1.29, 1.82) is 0 Å². The van der Waals surface area contributed by atoms with E-state index in [1.54, 1.807) is 48.7 Å². The Kier molecular flexibility index (Phi) is 5.43. The maximum atomic E-state index is 14.0. The van der Waals surface area contributed by atoms with Gasteiger partial charge in [-0.25, -0.2) is 4.90 Å². The first-order valence-corrected chi connectivity index (χ1v) is 12.6. The van der Waals surface area contributed by atoms with Crippen LogP contribution < -0.4 is 10.2 Å². The Hall–Kier alpha value is -3.95. The number of halogens is 1. The van der Waals surface area contributed by atoms with Gasteiger partial charge in [-0.15, -0.1) is 0 Å². The number of hydrogen-bond acceptors (Lipinski definition) is 5. The van der Waals surface area contributed by atoms with E-state index in [1.807, 2.05) is 24.3 Å². The zero-order chi connectivity index (χ0) is 25.9. The molecule has 0 unspecified atom stereocenters. The molecule has 2 aliphatic heterocycles. The number of rotatable bonds is 5. The third-order valence-corrected chi connectivity index (χ3v) is 8.07. The highest BCUT2D eigenvalue weighted by Crippen LogP contribution is 2.52. The molecule has 4 N–H and O–H groups in total. The van der Waals surface area contributed by atoms with E-state index in [4.69, 9.17) is 0 Å². The Labute approximate surface area is 220 Å². The number of benzene rings is 3. The number of aliphatic carboxylic acids is 1. The number of phenolic OH excluding ortho intramolecular Hbond substituents is 1. The number of carbonyl (C=O) groups excluding carboxylic acids is 2. The standard InChI is InChI=1S/C28H22BrN3O5/c29-16-9-11-17(12-10-16)32-25(34)22-23(26(32)35)28(27(36)37,31-24(22)19-6-2-4-8-21(19)33)13-15-14-30-20-7-3-1-5-18(15)20/h1-12,14,22-24,30-31,33H,13H2,(H,36,37)/t22-,23+,24+,28-/m0/s1. The van der Waals surface area contributed by atoms with E-state index in [9.17, 15) is 24.6 Å². The van der Waals surface area contributed by atoms with E-state index in [0.717, 1.165) is 20.3 Å². The van der Waals surface area contributed by atoms with Crippen molar-refractivity contribution in [2.75, 3.05) is 4.90 Å². The molecule has 1 aromatic heterocycles. The number of amides is 2. The highest BCUT2D eigenvalue weighted by molar-refractivity contribution is 9.10. The second kappa shape index (κ2) is 8.57. The molecule has 0 spiro atoms. The number of aromatic amines is 1. The summed E-state index contributed by atoms with van der Waals surface area (Å²) in [4.78, 5) is 45.2. The van der Waals surface area contributed by atoms with Crippen molar-refractivity contribution < 1.29 is 24.6 Å². The molecule has 2 saturated heterocycles. The summed E-state index contributed by atoms with van der Waals surface area (Å²) in [6.07, 6.45) is 1.71. The average Bonchev–Trinajstić information content (AvgIpc) is 3.53. The maximum absolute atomic E-state index is 14.0. The van der Waals surface area contributed by atoms with Gasteiger partial charge < -0.3 is 15.2 Å². The predicted octanol–water partition coefficient (Wildman–Crippen LogP) is 4.15. The molecule has 6 rings (SSSR count). The molecule has 3 aromatic carbocycles. The lowest BCUT2D eigenvalue weighted by atomic mass is 9.76. The Bertz CT molecular complexity index is 1570. The molecule has 37 heavy (non-hydrogen) atoms. The van der Waals surface area contributed by atoms with Crippen LogP contribution in [0.4, 0.5) is 5.69 Å². The molecule has 3 heterocycles. The molecule has 2 fully saturated rings. The first-order chi connectivity index (χ1) is 17.8. The van der Waals surface area contributed by atoms with Gasteiger partial charge >= 0.3 is 5.97 Å². The van der Waals surface area contributed by atoms with Crippen molar-refractivity contribution in [2.45, 2.75) is 18.0 Å². The van der Waals surface area contributed by atoms with Gasteiger partial charge in [0.15, 0.2) is 0 Å². The molecular weight excluding hydrogens is 538 g/mol. The maximum Gasteiger partial charge on any atom is 0.325 e. The summed E-state index contributed by atoms with van der Waals surface area (Å²) in [5.41, 5.74) is 0.507. The topological polar surface area (TPSA) is 123 Å². The molecule has 9 heteroatoms. The molecule has 186 valence electrons. The fourth-order valence-electron chi connectivity index (χ4n) is 5.88. The van der Waals surface area contributed by atoms with Gasteiger partial charge in [-0.3, -0.25) is 19.7 Å². The Morgan fingerprint density at radius 3 is 2.41 bits per heavy atom. The number of hydrogen-bond donors (Lipinski definition) is 4. The number of imide groups is 1. The molecular formula is C28H22BrN3O5. The number of aromatic hydroxyl groups is 1. The van der Waals surface area contributed by atoms with Crippen LogP contribution in [0.1, 0.15) is 17.2 Å². The minimum Gasteiger partial charge on any atom is -0.508 e. The van der Waals surface area contributed by atoms with E-state index in [2.05, 4.69) is 26.2 Å². The van der Waals surface area contributed by atoms with Crippen molar-refractivity contribution in [3.05, 3.63) is 94.6 Å². The number of phenols is 1. The number of anilines is 1. The lowest BCUT2D eigenvalue weighted by molar-refractivity contribution is -0.148. The molecule has 2 aliphatic rings. The van der Waals surface area contributed by atoms with Gasteiger partial charge in [-0.1, -0.05) is 52.3 Å². The zero-order valence-electron chi connectivity index (χ0n) is 19.4. The number of H-pyrrole nitrogens is 1. The van der Waals surface area contributed by atoms with Crippen molar-refractivity contribution in [2.24, 2.45) is 11.8 Å². The first kappa shape index (κ1) is 23.4. The molecule has 4 aromatic rings. The number of carbonyl (C=O) groups is 3. The summed E-state index contributed by atoms with van der Waals surface area (Å²) in [6.45, 7) is 0. The molecule has 8 nitrogen and oxygen atoms in total. The Balaban J connectivity index is 1.52. The highest BCUT2D eigenvalue weighted by atomic mass is 79.9. The second-order valence-corrected chi connectivity index (χ2v) is 10.4. The van der Waals surface area contributed by atoms with E-state index in [0.29, 0.717) is 16.8 Å². The van der Waals surface area contributed by atoms with Crippen molar-refractivity contribution in [1.82, 2.24) is 10.3 Å². The number of carboxylic acids is 1. The summed E-state index contributed by atoms with van der Waals surface area (Å²) in [5.74, 6) is -4.60. The molecule has 0 radical (unpaired) electrons. The fourth-order valence-corrected chi connectivity index (χ4v) is 6.14. The van der Waals surface area contributed by atoms with Gasteiger partial charge in [0.2, 0.25) is 11.8 Å². The molecule has 0 saturated carbocycles. The van der Waals surface area contributed by atoms with Crippen LogP contribution in [-0.2, 0) is 20.8 Å². The van der Waals surface area contributed by atoms with Gasteiger partial charge in [-0.05, 0) is 42.0 Å². The largest absolute Gasteiger partial charge is 0.508 e. The molecule has 0 bridgehead atoms. The number of fused-ring (bicyclic) bond motifs is 2. The monoisotopic (exact) mass is 559 g/mol. The van der Waals surface area contributed by atoms with Gasteiger partial charge in [0, 0.05) is 39.6 Å². The Morgan fingerprint density at radius 2 is 1.68 bits per heavy atom. The van der Waals surface area contributed by atoms with Gasteiger partial charge in [0.1, 0.15) is 11.3 Å². The highest BCUT2D eigenvalue weighted by Gasteiger charge is 2.69. The third kappa shape index (κ3) is 3.49. The van der Waals surface area contributed by atoms with Gasteiger partial charge in [-0.2, -0.15) is 0 Å². The average molecular weight is 560 g/mol. The SMILES string of the molecule is O=C1[C@@H]2[C@@H](c3ccccc3O)N[C@](Cc3c[nH]c4ccccc34)(C(=O)O)[C@H]2C(=O)N1c1ccc(Br)cc1. The molecule has 2 amide bonds. The Morgan fingerprint density at radius 1 is 0.973 bits per heavy atom. The minimum absolute atomic E-state index is 0.0369. The summed E-state index contributed by atoms with van der Waals surface area (Å²) in [6, 6.07) is 19.9. The lowest BCUT2D eigenvalue weighted by Gasteiger charge is -2.31. The number of carboxylic acid groups (broad SMARTS) is 1. The number of aromatic nitrogens is 1. The van der Waals surface area contributed by atoms with Crippen molar-refractivity contribution >= 4 is 50.3 Å². The second-order valence-electron chi connectivity index (χ2n) is 9.49. The summed E-state index contributed by atoms with van der Waals surface area (Å²) in [7, 11) is 0. The van der Waals surface area contributed by atoms with E-state index in [1.165, 1.54) is 6.07 Å². The summed E-state index contributed by atoms with van der Waals surface area (Å²) in [5, 5.41) is 25.3. The van der Waals surface area contributed by atoms with Crippen molar-refractivity contribution in [3.8, 4) is 5.75 Å².